The molecule has 0 fully saturated rings. The molecule has 4 nitrogen and oxygen atoms in total. The third-order valence-corrected chi connectivity index (χ3v) is 6.09. The molecule has 0 spiro atoms. The lowest BCUT2D eigenvalue weighted by Crippen LogP contribution is -2.17. The zero-order chi connectivity index (χ0) is 17.4. The van der Waals surface area contributed by atoms with Crippen molar-refractivity contribution < 1.29 is 4.79 Å². The first kappa shape index (κ1) is 16.7. The molecule has 0 bridgehead atoms. The Kier molecular flexibility index (Phi) is 4.56. The Bertz CT molecular complexity index is 950. The second-order valence-electron chi connectivity index (χ2n) is 5.95. The number of carbonyl (C=O) groups is 1. The molecule has 126 valence electrons. The molecule has 0 aliphatic carbocycles. The number of aromatic nitrogens is 2. The van der Waals surface area contributed by atoms with Crippen LogP contribution < -0.4 is 5.32 Å². The fourth-order valence-corrected chi connectivity index (χ4v) is 4.50. The molecule has 1 amide bonds. The predicted octanol–water partition coefficient (Wildman–Crippen LogP) is 4.78. The Morgan fingerprint density at radius 3 is 2.68 bits per heavy atom. The number of benzene rings is 2. The number of rotatable bonds is 3. The fraction of sp³-hybridized carbons (Fsp3) is 0.158. The number of anilines is 1. The Morgan fingerprint density at radius 1 is 1.16 bits per heavy atom. The minimum atomic E-state index is -0.0991. The molecule has 2 heterocycles. The second kappa shape index (κ2) is 6.84. The number of halogens is 1. The van der Waals surface area contributed by atoms with Gasteiger partial charge < -0.3 is 5.32 Å². The van der Waals surface area contributed by atoms with Crippen LogP contribution in [0.15, 0.2) is 48.5 Å². The van der Waals surface area contributed by atoms with E-state index in [-0.39, 0.29) is 5.91 Å². The smallest absolute Gasteiger partial charge is 0.257 e. The monoisotopic (exact) mass is 461 g/mol. The zero-order valence-corrected chi connectivity index (χ0v) is 16.6. The van der Waals surface area contributed by atoms with Crippen molar-refractivity contribution in [3.8, 4) is 5.69 Å². The first-order chi connectivity index (χ1) is 12.1. The Morgan fingerprint density at radius 2 is 1.92 bits per heavy atom. The standard InChI is InChI=1S/C19H16IN3OS/c1-12-6-8-13(9-7-12)23-18(15-10-25-11-17(15)22-23)21-19(24)14-4-2-3-5-16(14)20/h2-9H,10-11H2,1H3,(H,21,24). The summed E-state index contributed by atoms with van der Waals surface area (Å²) in [5.41, 5.74) is 5.03. The van der Waals surface area contributed by atoms with Gasteiger partial charge in [0.15, 0.2) is 0 Å². The van der Waals surface area contributed by atoms with E-state index in [9.17, 15) is 4.79 Å². The maximum atomic E-state index is 12.8. The van der Waals surface area contributed by atoms with Crippen molar-refractivity contribution in [1.82, 2.24) is 9.78 Å². The van der Waals surface area contributed by atoms with Crippen LogP contribution in [0.25, 0.3) is 5.69 Å². The highest BCUT2D eigenvalue weighted by atomic mass is 127. The summed E-state index contributed by atoms with van der Waals surface area (Å²) < 4.78 is 2.79. The normalized spacial score (nSPS) is 12.9. The maximum absolute atomic E-state index is 12.8. The van der Waals surface area contributed by atoms with Gasteiger partial charge in [0.05, 0.1) is 16.9 Å². The van der Waals surface area contributed by atoms with Crippen molar-refractivity contribution in [2.75, 3.05) is 5.32 Å². The van der Waals surface area contributed by atoms with Crippen LogP contribution in [0.3, 0.4) is 0 Å². The van der Waals surface area contributed by atoms with Gasteiger partial charge in [0.25, 0.3) is 5.91 Å². The Labute approximate surface area is 164 Å². The number of hydrogen-bond donors (Lipinski definition) is 1. The van der Waals surface area contributed by atoms with Gasteiger partial charge in [-0.2, -0.15) is 16.9 Å². The molecule has 1 N–H and O–H groups in total. The summed E-state index contributed by atoms with van der Waals surface area (Å²) in [7, 11) is 0. The van der Waals surface area contributed by atoms with Crippen molar-refractivity contribution >= 4 is 46.1 Å². The first-order valence-electron chi connectivity index (χ1n) is 7.95. The van der Waals surface area contributed by atoms with Crippen LogP contribution in [-0.2, 0) is 11.5 Å². The molecule has 4 rings (SSSR count). The molecule has 1 aromatic heterocycles. The number of carbonyl (C=O) groups excluding carboxylic acids is 1. The number of thioether (sulfide) groups is 1. The van der Waals surface area contributed by atoms with Crippen LogP contribution >= 0.6 is 34.4 Å². The number of fused-ring (bicyclic) bond motifs is 1. The van der Waals surface area contributed by atoms with Gasteiger partial charge >= 0.3 is 0 Å². The number of aryl methyl sites for hydroxylation is 1. The number of hydrogen-bond acceptors (Lipinski definition) is 3. The number of amides is 1. The summed E-state index contributed by atoms with van der Waals surface area (Å²) in [5.74, 6) is 2.45. The molecule has 0 saturated heterocycles. The molecule has 6 heteroatoms. The van der Waals surface area contributed by atoms with Crippen molar-refractivity contribution in [2.24, 2.45) is 0 Å². The van der Waals surface area contributed by atoms with Crippen LogP contribution in [0.1, 0.15) is 27.2 Å². The van der Waals surface area contributed by atoms with E-state index in [0.29, 0.717) is 5.56 Å². The van der Waals surface area contributed by atoms with Gasteiger partial charge in [0.1, 0.15) is 5.82 Å². The minimum Gasteiger partial charge on any atom is -0.306 e. The molecule has 25 heavy (non-hydrogen) atoms. The lowest BCUT2D eigenvalue weighted by atomic mass is 10.2. The van der Waals surface area contributed by atoms with Gasteiger partial charge in [0, 0.05) is 20.6 Å². The maximum Gasteiger partial charge on any atom is 0.257 e. The summed E-state index contributed by atoms with van der Waals surface area (Å²) in [6, 6.07) is 15.8. The van der Waals surface area contributed by atoms with Gasteiger partial charge in [-0.05, 0) is 53.8 Å². The molecule has 3 aromatic rings. The summed E-state index contributed by atoms with van der Waals surface area (Å²) in [4.78, 5) is 12.8. The molecular weight excluding hydrogens is 445 g/mol. The van der Waals surface area contributed by atoms with E-state index >= 15 is 0 Å². The van der Waals surface area contributed by atoms with Crippen LogP contribution in [0.5, 0.6) is 0 Å². The van der Waals surface area contributed by atoms with E-state index in [0.717, 1.165) is 37.8 Å². The lowest BCUT2D eigenvalue weighted by molar-refractivity contribution is 0.102. The third-order valence-electron chi connectivity index (χ3n) is 4.18. The van der Waals surface area contributed by atoms with Gasteiger partial charge in [-0.15, -0.1) is 0 Å². The van der Waals surface area contributed by atoms with Crippen LogP contribution in [0, 0.1) is 10.5 Å². The van der Waals surface area contributed by atoms with E-state index < -0.39 is 0 Å². The molecule has 0 atom stereocenters. The fourth-order valence-electron chi connectivity index (χ4n) is 2.83. The minimum absolute atomic E-state index is 0.0991. The SMILES string of the molecule is Cc1ccc(-n2nc3c(c2NC(=O)c2ccccc2I)CSC3)cc1. The predicted molar refractivity (Wildman–Crippen MR) is 110 cm³/mol. The Balaban J connectivity index is 1.75. The lowest BCUT2D eigenvalue weighted by Gasteiger charge is -2.12. The zero-order valence-electron chi connectivity index (χ0n) is 13.6. The van der Waals surface area contributed by atoms with Crippen LogP contribution in [-0.4, -0.2) is 15.7 Å². The highest BCUT2D eigenvalue weighted by Gasteiger charge is 2.25. The van der Waals surface area contributed by atoms with Gasteiger partial charge in [0.2, 0.25) is 0 Å². The number of nitrogens with one attached hydrogen (secondary N) is 1. The van der Waals surface area contributed by atoms with E-state index in [1.54, 1.807) is 0 Å². The number of nitrogens with zero attached hydrogens (tertiary/aromatic N) is 2. The highest BCUT2D eigenvalue weighted by molar-refractivity contribution is 14.1. The molecular formula is C19H16IN3OS. The quantitative estimate of drug-likeness (QED) is 0.571. The van der Waals surface area contributed by atoms with E-state index in [1.165, 1.54) is 5.56 Å². The first-order valence-corrected chi connectivity index (χ1v) is 10.2. The molecule has 0 saturated carbocycles. The summed E-state index contributed by atoms with van der Waals surface area (Å²) in [5, 5.41) is 7.84. The van der Waals surface area contributed by atoms with E-state index in [2.05, 4.69) is 47.0 Å². The summed E-state index contributed by atoms with van der Waals surface area (Å²) in [6.45, 7) is 2.06. The molecule has 0 unspecified atom stereocenters. The van der Waals surface area contributed by atoms with Crippen molar-refractivity contribution in [2.45, 2.75) is 18.4 Å². The van der Waals surface area contributed by atoms with Crippen molar-refractivity contribution in [1.29, 1.82) is 0 Å². The average molecular weight is 461 g/mol. The van der Waals surface area contributed by atoms with Gasteiger partial charge in [-0.3, -0.25) is 4.79 Å². The van der Waals surface area contributed by atoms with Gasteiger partial charge in [-0.1, -0.05) is 29.8 Å². The molecule has 0 radical (unpaired) electrons. The Hall–Kier alpha value is -1.80. The topological polar surface area (TPSA) is 46.9 Å². The second-order valence-corrected chi connectivity index (χ2v) is 8.10. The summed E-state index contributed by atoms with van der Waals surface area (Å²) in [6.07, 6.45) is 0. The van der Waals surface area contributed by atoms with Crippen molar-refractivity contribution in [3.05, 3.63) is 74.5 Å². The summed E-state index contributed by atoms with van der Waals surface area (Å²) >= 11 is 4.02. The highest BCUT2D eigenvalue weighted by Crippen LogP contribution is 2.36. The van der Waals surface area contributed by atoms with E-state index in [4.69, 9.17) is 5.10 Å². The largest absolute Gasteiger partial charge is 0.306 e. The molecule has 1 aliphatic rings. The van der Waals surface area contributed by atoms with E-state index in [1.807, 2.05) is 52.8 Å². The van der Waals surface area contributed by atoms with Gasteiger partial charge in [-0.25, -0.2) is 4.68 Å². The van der Waals surface area contributed by atoms with Crippen molar-refractivity contribution in [3.63, 3.8) is 0 Å². The third kappa shape index (κ3) is 3.20. The molecule has 2 aromatic carbocycles. The average Bonchev–Trinajstić information content (AvgIpc) is 3.19. The van der Waals surface area contributed by atoms with Crippen LogP contribution in [0.2, 0.25) is 0 Å². The molecule has 1 aliphatic heterocycles. The van der Waals surface area contributed by atoms with Crippen LogP contribution in [0.4, 0.5) is 5.82 Å².